The minimum atomic E-state index is 1.14. The van der Waals surface area contributed by atoms with E-state index in [1.165, 1.54) is 0 Å². The second-order valence-corrected chi connectivity index (χ2v) is 1.09. The molecule has 0 aromatic rings. The Morgan fingerprint density at radius 1 is 1.60 bits per heavy atom. The topological polar surface area (TPSA) is 0 Å². The van der Waals surface area contributed by atoms with Crippen molar-refractivity contribution in [2.75, 3.05) is 0 Å². The summed E-state index contributed by atoms with van der Waals surface area (Å²) in [4.78, 5) is 0. The monoisotopic (exact) mass is 58.1 g/mol. The Balaban J connectivity index is 2.61. The first-order valence-electron chi connectivity index (χ1n) is 1.82. The van der Waals surface area contributed by atoms with Crippen LogP contribution in [0, 0.1) is 0 Å². The summed E-state index contributed by atoms with van der Waals surface area (Å²) in [6.45, 7) is 6.31. The maximum atomic E-state index is 2.12. The molecule has 1 rings (SSSR count). The van der Waals surface area contributed by atoms with E-state index in [9.17, 15) is 0 Å². The Hall–Kier alpha value is 0.130. The second kappa shape index (κ2) is 1.54. The van der Waals surface area contributed by atoms with Crippen LogP contribution in [0.15, 0.2) is 0 Å². The zero-order valence-corrected chi connectivity index (χ0v) is 3.02. The zero-order chi connectivity index (χ0) is 3.54. The van der Waals surface area contributed by atoms with Crippen molar-refractivity contribution in [3.63, 3.8) is 0 Å². The van der Waals surface area contributed by atoms with Gasteiger partial charge >= 0.3 is 33.2 Å². The van der Waals surface area contributed by atoms with Crippen LogP contribution in [0.25, 0.3) is 0 Å². The third kappa shape index (κ3) is 0.712. The standard InChI is InChI=1S/CH2B4/c1-2-4-5-3-1/h1,4H. The summed E-state index contributed by atoms with van der Waals surface area (Å²) >= 11 is 0. The Morgan fingerprint density at radius 3 is 2.80 bits per heavy atom. The van der Waals surface area contributed by atoms with E-state index in [0.717, 1.165) is 7.06 Å². The molecule has 0 N–H and O–H groups in total. The van der Waals surface area contributed by atoms with E-state index in [0.29, 0.717) is 0 Å². The minimum absolute atomic E-state index is 1.14. The second-order valence-electron chi connectivity index (χ2n) is 1.09. The van der Waals surface area contributed by atoms with Gasteiger partial charge in [-0.05, 0) is 0 Å². The summed E-state index contributed by atoms with van der Waals surface area (Å²) in [6, 6.07) is 0. The normalized spacial score (nSPS) is 11.2. The van der Waals surface area contributed by atoms with Gasteiger partial charge in [0.25, 0.3) is 0 Å². The van der Waals surface area contributed by atoms with Gasteiger partial charge in [-0.2, -0.15) is 0 Å². The van der Waals surface area contributed by atoms with Crippen LogP contribution in [0.2, 0.25) is 0 Å². The molecule has 0 amide bonds. The van der Waals surface area contributed by atoms with E-state index >= 15 is 0 Å². The SMILES string of the molecule is B1=BC=BB1. The van der Waals surface area contributed by atoms with Gasteiger partial charge in [-0.1, -0.05) is 0 Å². The molecule has 0 saturated carbocycles. The van der Waals surface area contributed by atoms with E-state index < -0.39 is 0 Å². The molecule has 1 aliphatic heterocycles. The molecule has 1 heterocycles. The van der Waals surface area contributed by atoms with Gasteiger partial charge in [0.15, 0.2) is 0 Å². The van der Waals surface area contributed by atoms with Gasteiger partial charge in [-0.15, -0.1) is 0 Å². The van der Waals surface area contributed by atoms with E-state index in [2.05, 4.69) is 26.2 Å². The van der Waals surface area contributed by atoms with E-state index in [1.807, 2.05) is 0 Å². The molecule has 0 atom stereocenters. The van der Waals surface area contributed by atoms with E-state index in [1.54, 1.807) is 0 Å². The Bertz CT molecular complexity index is 61.7. The number of hydrogen-bond acceptors (Lipinski definition) is 0. The van der Waals surface area contributed by atoms with Crippen molar-refractivity contribution in [2.45, 2.75) is 0 Å². The Kier molecular flexibility index (Phi) is 1.02. The van der Waals surface area contributed by atoms with Gasteiger partial charge in [0.2, 0.25) is 0 Å². The Labute approximate surface area is 34.2 Å². The van der Waals surface area contributed by atoms with Crippen molar-refractivity contribution >= 4 is 33.2 Å². The predicted molar refractivity (Wildman–Crippen MR) is 30.5 cm³/mol. The quantitative estimate of drug-likeness (QED) is 0.284. The first-order chi connectivity index (χ1) is 2.50. The van der Waals surface area contributed by atoms with Crippen molar-refractivity contribution in [2.24, 2.45) is 0 Å². The molecule has 0 saturated heterocycles. The molecule has 0 bridgehead atoms. The van der Waals surface area contributed by atoms with Crippen molar-refractivity contribution in [1.82, 2.24) is 0 Å². The van der Waals surface area contributed by atoms with Crippen LogP contribution in [0.4, 0.5) is 0 Å². The fourth-order valence-corrected chi connectivity index (χ4v) is 0.393. The van der Waals surface area contributed by atoms with Gasteiger partial charge in [-0.3, -0.25) is 0 Å². The van der Waals surface area contributed by atoms with E-state index in [-0.39, 0.29) is 0 Å². The summed E-state index contributed by atoms with van der Waals surface area (Å²) < 4.78 is 0. The van der Waals surface area contributed by atoms with Crippen LogP contribution < -0.4 is 0 Å². The fraction of sp³-hybridized carbons (Fsp3) is 0. The average molecular weight is 57.3 g/mol. The van der Waals surface area contributed by atoms with Gasteiger partial charge in [-0.25, -0.2) is 0 Å². The number of rotatable bonds is 0. The van der Waals surface area contributed by atoms with Gasteiger partial charge < -0.3 is 0 Å². The molecule has 0 unspecified atom stereocenters. The molecule has 0 fully saturated rings. The van der Waals surface area contributed by atoms with E-state index in [4.69, 9.17) is 0 Å². The van der Waals surface area contributed by atoms with Gasteiger partial charge in [0.1, 0.15) is 0 Å². The molecule has 4 heteroatoms. The maximum absolute atomic E-state index is 2.12. The Morgan fingerprint density at radius 2 is 2.60 bits per heavy atom. The predicted octanol–water partition coefficient (Wildman–Crippen LogP) is -1.95. The summed E-state index contributed by atoms with van der Waals surface area (Å²) in [6.07, 6.45) is 0. The fourth-order valence-electron chi connectivity index (χ4n) is 0.393. The van der Waals surface area contributed by atoms with Crippen LogP contribution in [0.5, 0.6) is 0 Å². The van der Waals surface area contributed by atoms with Crippen LogP contribution >= 0.6 is 0 Å². The molecule has 1 aliphatic rings. The molecule has 0 aromatic heterocycles. The zero-order valence-electron chi connectivity index (χ0n) is 3.02. The molecular weight excluding hydrogens is 55.3 g/mol. The third-order valence-electron chi connectivity index (χ3n) is 0.655. The van der Waals surface area contributed by atoms with Crippen molar-refractivity contribution in [1.29, 1.82) is 0 Å². The van der Waals surface area contributed by atoms with Crippen LogP contribution in [-0.2, 0) is 0 Å². The van der Waals surface area contributed by atoms with Gasteiger partial charge in [0, 0.05) is 0 Å². The first-order valence-corrected chi connectivity index (χ1v) is 1.82. The molecule has 18 valence electrons. The molecular formula is CH2B4. The molecule has 5 heavy (non-hydrogen) atoms. The average Bonchev–Trinajstić information content (AvgIpc) is 1.76. The van der Waals surface area contributed by atoms with Crippen LogP contribution in [-0.4, -0.2) is 33.2 Å². The van der Waals surface area contributed by atoms with Crippen molar-refractivity contribution < 1.29 is 0 Å². The molecule has 0 aromatic carbocycles. The molecule has 0 aliphatic carbocycles. The van der Waals surface area contributed by atoms with Crippen molar-refractivity contribution in [3.8, 4) is 0 Å². The van der Waals surface area contributed by atoms with Crippen LogP contribution in [0.3, 0.4) is 0 Å². The summed E-state index contributed by atoms with van der Waals surface area (Å²) in [5, 5.41) is 0. The van der Waals surface area contributed by atoms with Gasteiger partial charge in [0.05, 0.1) is 0 Å². The summed E-state index contributed by atoms with van der Waals surface area (Å²) in [5.74, 6) is 2.06. The third-order valence-corrected chi connectivity index (χ3v) is 0.655. The molecule has 0 radical (unpaired) electrons. The van der Waals surface area contributed by atoms with Crippen LogP contribution in [0.1, 0.15) is 0 Å². The first kappa shape index (κ1) is 3.32. The molecule has 0 nitrogen and oxygen atoms in total. The number of hydrogen-bond donors (Lipinski definition) is 0. The summed E-state index contributed by atoms with van der Waals surface area (Å²) in [5.41, 5.74) is 0. The summed E-state index contributed by atoms with van der Waals surface area (Å²) in [7, 11) is 1.14. The molecule has 0 spiro atoms. The van der Waals surface area contributed by atoms with Crippen molar-refractivity contribution in [3.05, 3.63) is 0 Å².